The van der Waals surface area contributed by atoms with Gasteiger partial charge in [-0.1, -0.05) is 22.5 Å². The number of benzene rings is 1. The van der Waals surface area contributed by atoms with Gasteiger partial charge in [-0.05, 0) is 25.0 Å². The van der Waals surface area contributed by atoms with Gasteiger partial charge in [-0.2, -0.15) is 5.26 Å². The Morgan fingerprint density at radius 3 is 2.89 bits per heavy atom. The molecular weight excluding hydrogens is 450 g/mol. The van der Waals surface area contributed by atoms with E-state index in [2.05, 4.69) is 21.5 Å². The Bertz CT molecular complexity index is 1270. The Hall–Kier alpha value is -4.04. The van der Waals surface area contributed by atoms with Gasteiger partial charge in [-0.3, -0.25) is 9.59 Å². The third-order valence-electron chi connectivity index (χ3n) is 6.21. The number of aromatic nitrogens is 4. The summed E-state index contributed by atoms with van der Waals surface area (Å²) in [6, 6.07) is 9.61. The van der Waals surface area contributed by atoms with Gasteiger partial charge in [0.2, 0.25) is 5.91 Å². The minimum absolute atomic E-state index is 0.0243. The number of ether oxygens (including phenoxy) is 1. The summed E-state index contributed by atoms with van der Waals surface area (Å²) in [5.74, 6) is 0.197. The van der Waals surface area contributed by atoms with Gasteiger partial charge in [-0.15, -0.1) is 5.10 Å². The second-order valence-electron chi connectivity index (χ2n) is 8.52. The predicted molar refractivity (Wildman–Crippen MR) is 122 cm³/mol. The lowest BCUT2D eigenvalue weighted by Crippen LogP contribution is -2.48. The summed E-state index contributed by atoms with van der Waals surface area (Å²) < 4.78 is 12.5. The van der Waals surface area contributed by atoms with E-state index in [1.165, 1.54) is 0 Å². The molecule has 180 valence electrons. The van der Waals surface area contributed by atoms with Crippen LogP contribution in [0.25, 0.3) is 16.9 Å². The molecular formula is C24H25N7O4. The molecule has 0 bridgehead atoms. The zero-order chi connectivity index (χ0) is 24.2. The smallest absolute Gasteiger partial charge is 0.260 e. The van der Waals surface area contributed by atoms with E-state index in [0.29, 0.717) is 74.7 Å². The maximum Gasteiger partial charge on any atom is 0.260 e. The van der Waals surface area contributed by atoms with Crippen LogP contribution in [0.1, 0.15) is 34.7 Å². The van der Waals surface area contributed by atoms with Crippen molar-refractivity contribution in [1.29, 1.82) is 5.26 Å². The van der Waals surface area contributed by atoms with Crippen LogP contribution in [-0.2, 0) is 22.4 Å². The fourth-order valence-corrected chi connectivity index (χ4v) is 4.32. The minimum Gasteiger partial charge on any atom is -0.378 e. The van der Waals surface area contributed by atoms with E-state index in [0.717, 1.165) is 17.8 Å². The van der Waals surface area contributed by atoms with Crippen molar-refractivity contribution in [2.24, 2.45) is 0 Å². The van der Waals surface area contributed by atoms with Crippen LogP contribution in [0.5, 0.6) is 0 Å². The van der Waals surface area contributed by atoms with Crippen LogP contribution in [0, 0.1) is 11.3 Å². The van der Waals surface area contributed by atoms with Gasteiger partial charge in [0.1, 0.15) is 17.8 Å². The maximum atomic E-state index is 13.4. The molecule has 2 aromatic heterocycles. The predicted octanol–water partition coefficient (Wildman–Crippen LogP) is 1.63. The molecule has 0 spiro atoms. The first-order chi connectivity index (χ1) is 17.1. The average molecular weight is 476 g/mol. The lowest BCUT2D eigenvalue weighted by molar-refractivity contribution is -0.136. The van der Waals surface area contributed by atoms with Crippen molar-refractivity contribution in [1.82, 2.24) is 30.0 Å². The number of amides is 2. The molecule has 3 aromatic rings. The number of rotatable bonds is 7. The van der Waals surface area contributed by atoms with Crippen LogP contribution < -0.4 is 0 Å². The zero-order valence-corrected chi connectivity index (χ0v) is 19.2. The minimum atomic E-state index is -0.255. The summed E-state index contributed by atoms with van der Waals surface area (Å²) in [6.45, 7) is 2.55. The molecule has 0 radical (unpaired) electrons. The standard InChI is InChI=1S/C24H25N7O4/c25-8-2-1-5-18-15-31(28-26-18)19-6-3-4-17(14-19)23-22-20(35-27-23)7-9-30(24(22)33)16-21(32)29-10-12-34-13-11-29/h3-4,6,14-15H,1-2,5,7,9-13,16H2. The van der Waals surface area contributed by atoms with Crippen LogP contribution in [0.15, 0.2) is 35.0 Å². The second-order valence-corrected chi connectivity index (χ2v) is 8.52. The third kappa shape index (κ3) is 4.79. The highest BCUT2D eigenvalue weighted by atomic mass is 16.5. The summed E-state index contributed by atoms with van der Waals surface area (Å²) in [4.78, 5) is 29.4. The summed E-state index contributed by atoms with van der Waals surface area (Å²) in [6.07, 6.45) is 4.21. The van der Waals surface area contributed by atoms with Gasteiger partial charge < -0.3 is 19.1 Å². The number of hydrogen-bond acceptors (Lipinski definition) is 8. The molecule has 11 heteroatoms. The number of hydrogen-bond donors (Lipinski definition) is 0. The van der Waals surface area contributed by atoms with Crippen molar-refractivity contribution in [3.63, 3.8) is 0 Å². The number of aryl methyl sites for hydroxylation is 1. The van der Waals surface area contributed by atoms with Gasteiger partial charge in [-0.25, -0.2) is 4.68 Å². The van der Waals surface area contributed by atoms with Crippen molar-refractivity contribution < 1.29 is 18.8 Å². The maximum absolute atomic E-state index is 13.4. The first-order valence-corrected chi connectivity index (χ1v) is 11.7. The molecule has 0 saturated carbocycles. The highest BCUT2D eigenvalue weighted by molar-refractivity contribution is 6.03. The number of carbonyl (C=O) groups excluding carboxylic acids is 2. The van der Waals surface area contributed by atoms with Crippen molar-refractivity contribution in [3.05, 3.63) is 47.5 Å². The number of fused-ring (bicyclic) bond motifs is 1. The van der Waals surface area contributed by atoms with Crippen molar-refractivity contribution >= 4 is 11.8 Å². The highest BCUT2D eigenvalue weighted by Gasteiger charge is 2.34. The Morgan fingerprint density at radius 1 is 1.20 bits per heavy atom. The summed E-state index contributed by atoms with van der Waals surface area (Å²) >= 11 is 0. The molecule has 0 N–H and O–H groups in total. The lowest BCUT2D eigenvalue weighted by atomic mass is 10.00. The molecule has 2 aliphatic rings. The molecule has 11 nitrogen and oxygen atoms in total. The number of carbonyl (C=O) groups is 2. The number of morpholine rings is 1. The lowest BCUT2D eigenvalue weighted by Gasteiger charge is -2.31. The van der Waals surface area contributed by atoms with E-state index in [4.69, 9.17) is 14.5 Å². The number of unbranched alkanes of at least 4 members (excludes halogenated alkanes) is 1. The molecule has 1 fully saturated rings. The summed E-state index contributed by atoms with van der Waals surface area (Å²) in [7, 11) is 0. The molecule has 5 rings (SSSR count). The van der Waals surface area contributed by atoms with Crippen molar-refractivity contribution in [2.75, 3.05) is 39.4 Å². The monoisotopic (exact) mass is 475 g/mol. The van der Waals surface area contributed by atoms with Crippen LogP contribution in [0.4, 0.5) is 0 Å². The summed E-state index contributed by atoms with van der Waals surface area (Å²) in [5, 5.41) is 21.3. The molecule has 0 atom stereocenters. The fraction of sp³-hybridized carbons (Fsp3) is 0.417. The van der Waals surface area contributed by atoms with E-state index in [9.17, 15) is 9.59 Å². The molecule has 35 heavy (non-hydrogen) atoms. The topological polar surface area (TPSA) is 130 Å². The van der Waals surface area contributed by atoms with Crippen LogP contribution >= 0.6 is 0 Å². The Morgan fingerprint density at radius 2 is 2.06 bits per heavy atom. The quantitative estimate of drug-likeness (QED) is 0.471. The zero-order valence-electron chi connectivity index (χ0n) is 19.2. The van der Waals surface area contributed by atoms with E-state index < -0.39 is 0 Å². The third-order valence-corrected chi connectivity index (χ3v) is 6.21. The summed E-state index contributed by atoms with van der Waals surface area (Å²) in [5.41, 5.74) is 3.13. The second kappa shape index (κ2) is 10.1. The van der Waals surface area contributed by atoms with E-state index in [1.54, 1.807) is 14.5 Å². The van der Waals surface area contributed by atoms with Crippen LogP contribution in [0.3, 0.4) is 0 Å². The Balaban J connectivity index is 1.35. The van der Waals surface area contributed by atoms with E-state index in [1.807, 2.05) is 30.5 Å². The van der Waals surface area contributed by atoms with Gasteiger partial charge in [0, 0.05) is 38.0 Å². The van der Waals surface area contributed by atoms with Crippen LogP contribution in [-0.4, -0.2) is 81.2 Å². The van der Waals surface area contributed by atoms with Crippen LogP contribution in [0.2, 0.25) is 0 Å². The van der Waals surface area contributed by atoms with Gasteiger partial charge >= 0.3 is 0 Å². The first kappa shape index (κ1) is 22.7. The van der Waals surface area contributed by atoms with E-state index >= 15 is 0 Å². The van der Waals surface area contributed by atoms with Crippen molar-refractivity contribution in [3.8, 4) is 23.0 Å². The molecule has 1 aromatic carbocycles. The molecule has 1 saturated heterocycles. The van der Waals surface area contributed by atoms with Gasteiger partial charge in [0.05, 0.1) is 36.9 Å². The Kier molecular flexibility index (Phi) is 6.54. The number of nitrogens with zero attached hydrogens (tertiary/aromatic N) is 7. The van der Waals surface area contributed by atoms with Gasteiger partial charge in [0.15, 0.2) is 5.76 Å². The normalized spacial score (nSPS) is 15.7. The average Bonchev–Trinajstić information content (AvgIpc) is 3.54. The Labute approximate surface area is 201 Å². The van der Waals surface area contributed by atoms with E-state index in [-0.39, 0.29) is 18.4 Å². The molecule has 2 aliphatic heterocycles. The fourth-order valence-electron chi connectivity index (χ4n) is 4.32. The molecule has 0 unspecified atom stereocenters. The van der Waals surface area contributed by atoms with Gasteiger partial charge in [0.25, 0.3) is 5.91 Å². The number of nitriles is 1. The van der Waals surface area contributed by atoms with Crippen molar-refractivity contribution in [2.45, 2.75) is 25.7 Å². The highest BCUT2D eigenvalue weighted by Crippen LogP contribution is 2.31. The first-order valence-electron chi connectivity index (χ1n) is 11.7. The SMILES string of the molecule is N#CCCCc1cn(-c2cccc(-c3noc4c3C(=O)N(CC(=O)N3CCOCC3)CC4)c2)nn1. The molecule has 0 aliphatic carbocycles. The largest absolute Gasteiger partial charge is 0.378 e. The molecule has 2 amide bonds. The molecule has 4 heterocycles.